The van der Waals surface area contributed by atoms with Crippen LogP contribution in [-0.4, -0.2) is 49.6 Å². The van der Waals surface area contributed by atoms with Gasteiger partial charge in [0.05, 0.1) is 23.1 Å². The molecule has 0 spiro atoms. The third-order valence-electron chi connectivity index (χ3n) is 3.85. The minimum absolute atomic E-state index is 0. The van der Waals surface area contributed by atoms with E-state index in [9.17, 15) is 4.79 Å². The van der Waals surface area contributed by atoms with Gasteiger partial charge in [0, 0.05) is 6.54 Å². The van der Waals surface area contributed by atoms with Gasteiger partial charge in [0.2, 0.25) is 0 Å². The van der Waals surface area contributed by atoms with Crippen LogP contribution in [0.1, 0.15) is 23.9 Å². The minimum atomic E-state index is -0.169. The van der Waals surface area contributed by atoms with Gasteiger partial charge >= 0.3 is 0 Å². The van der Waals surface area contributed by atoms with Gasteiger partial charge in [0.25, 0.3) is 5.91 Å². The largest absolute Gasteiger partial charge is 0.494 e. The molecule has 0 saturated heterocycles. The van der Waals surface area contributed by atoms with Gasteiger partial charge in [-0.3, -0.25) is 9.69 Å². The van der Waals surface area contributed by atoms with Crippen molar-refractivity contribution in [3.8, 4) is 5.75 Å². The van der Waals surface area contributed by atoms with Crippen molar-refractivity contribution in [3.63, 3.8) is 0 Å². The third-order valence-corrected chi connectivity index (χ3v) is 4.90. The number of carbonyl (C=O) groups excluding carboxylic acids is 1. The number of benzene rings is 1. The van der Waals surface area contributed by atoms with Gasteiger partial charge in [-0.25, -0.2) is 4.98 Å². The molecule has 0 fully saturated rings. The van der Waals surface area contributed by atoms with Crippen LogP contribution in [-0.2, 0) is 0 Å². The predicted octanol–water partition coefficient (Wildman–Crippen LogP) is 4.31. The maximum Gasteiger partial charge on any atom is 0.295 e. The number of thiazole rings is 1. The summed E-state index contributed by atoms with van der Waals surface area (Å²) in [5.41, 5.74) is 0.860. The number of aromatic nitrogens is 1. The molecule has 1 amide bonds. The standard InChI is InChI=1S/C19H23N3O3S.ClH/c1-4-24-14-8-9-15-17(13-14)26-19(20-15)22(11-6-10-21(2)3)18(23)16-7-5-12-25-16;/h5,7-9,12-13H,4,6,10-11H2,1-3H3;1H. The zero-order valence-corrected chi connectivity index (χ0v) is 17.3. The van der Waals surface area contributed by atoms with E-state index in [4.69, 9.17) is 9.15 Å². The van der Waals surface area contributed by atoms with Gasteiger partial charge in [-0.2, -0.15) is 0 Å². The number of amides is 1. The van der Waals surface area contributed by atoms with E-state index in [2.05, 4.69) is 9.88 Å². The normalized spacial score (nSPS) is 10.8. The molecular weight excluding hydrogens is 386 g/mol. The number of hydrogen-bond acceptors (Lipinski definition) is 6. The van der Waals surface area contributed by atoms with Crippen LogP contribution in [0.15, 0.2) is 41.0 Å². The lowest BCUT2D eigenvalue weighted by atomic mass is 10.3. The monoisotopic (exact) mass is 409 g/mol. The highest BCUT2D eigenvalue weighted by Gasteiger charge is 2.23. The Morgan fingerprint density at radius 3 is 2.74 bits per heavy atom. The number of rotatable bonds is 8. The summed E-state index contributed by atoms with van der Waals surface area (Å²) in [7, 11) is 4.04. The Bertz CT molecular complexity index is 864. The van der Waals surface area contributed by atoms with E-state index < -0.39 is 0 Å². The fourth-order valence-electron chi connectivity index (χ4n) is 2.63. The molecule has 8 heteroatoms. The molecule has 0 radical (unpaired) electrons. The molecule has 0 saturated carbocycles. The average Bonchev–Trinajstić information content (AvgIpc) is 3.27. The molecule has 0 aliphatic carbocycles. The Labute approximate surface area is 169 Å². The van der Waals surface area contributed by atoms with Crippen LogP contribution in [0.3, 0.4) is 0 Å². The molecule has 27 heavy (non-hydrogen) atoms. The molecule has 0 aliphatic rings. The van der Waals surface area contributed by atoms with Crippen molar-refractivity contribution < 1.29 is 13.9 Å². The number of fused-ring (bicyclic) bond motifs is 1. The minimum Gasteiger partial charge on any atom is -0.494 e. The van der Waals surface area contributed by atoms with Crippen molar-refractivity contribution in [2.45, 2.75) is 13.3 Å². The van der Waals surface area contributed by atoms with Crippen molar-refractivity contribution in [1.29, 1.82) is 0 Å². The lowest BCUT2D eigenvalue weighted by molar-refractivity contribution is 0.0959. The van der Waals surface area contributed by atoms with Gasteiger partial charge < -0.3 is 14.1 Å². The van der Waals surface area contributed by atoms with Crippen LogP contribution in [0.2, 0.25) is 0 Å². The Morgan fingerprint density at radius 2 is 2.07 bits per heavy atom. The zero-order chi connectivity index (χ0) is 18.5. The van der Waals surface area contributed by atoms with Crippen LogP contribution in [0, 0.1) is 0 Å². The van der Waals surface area contributed by atoms with Crippen LogP contribution in [0.4, 0.5) is 5.13 Å². The maximum absolute atomic E-state index is 12.9. The van der Waals surface area contributed by atoms with Gasteiger partial charge in [0.1, 0.15) is 5.75 Å². The number of anilines is 1. The molecule has 2 aromatic heterocycles. The van der Waals surface area contributed by atoms with Gasteiger partial charge in [0.15, 0.2) is 10.9 Å². The smallest absolute Gasteiger partial charge is 0.295 e. The van der Waals surface area contributed by atoms with E-state index in [0.29, 0.717) is 24.0 Å². The Hall–Kier alpha value is -2.09. The summed E-state index contributed by atoms with van der Waals surface area (Å²) in [5, 5.41) is 0.675. The summed E-state index contributed by atoms with van der Waals surface area (Å²) >= 11 is 1.49. The molecule has 0 unspecified atom stereocenters. The zero-order valence-electron chi connectivity index (χ0n) is 15.7. The molecule has 2 heterocycles. The van der Waals surface area contributed by atoms with Crippen molar-refractivity contribution in [2.24, 2.45) is 0 Å². The van der Waals surface area contributed by atoms with Crippen LogP contribution >= 0.6 is 23.7 Å². The number of nitrogens with zero attached hydrogens (tertiary/aromatic N) is 3. The first-order valence-corrected chi connectivity index (χ1v) is 9.43. The summed E-state index contributed by atoms with van der Waals surface area (Å²) in [6.07, 6.45) is 2.36. The maximum atomic E-state index is 12.9. The second-order valence-corrected chi connectivity index (χ2v) is 7.16. The van der Waals surface area contributed by atoms with Gasteiger partial charge in [-0.1, -0.05) is 11.3 Å². The predicted molar refractivity (Wildman–Crippen MR) is 112 cm³/mol. The summed E-state index contributed by atoms with van der Waals surface area (Å²) in [6.45, 7) is 4.04. The highest BCUT2D eigenvalue weighted by Crippen LogP contribution is 2.32. The highest BCUT2D eigenvalue weighted by molar-refractivity contribution is 7.22. The molecule has 3 aromatic rings. The summed E-state index contributed by atoms with van der Waals surface area (Å²) < 4.78 is 11.9. The van der Waals surface area contributed by atoms with Crippen LogP contribution < -0.4 is 9.64 Å². The van der Waals surface area contributed by atoms with E-state index in [1.807, 2.05) is 39.2 Å². The number of hydrogen-bond donors (Lipinski definition) is 0. The Morgan fingerprint density at radius 1 is 1.26 bits per heavy atom. The Balaban J connectivity index is 0.00000261. The van der Waals surface area contributed by atoms with E-state index in [1.165, 1.54) is 17.6 Å². The highest BCUT2D eigenvalue weighted by atomic mass is 35.5. The van der Waals surface area contributed by atoms with Crippen molar-refractivity contribution in [1.82, 2.24) is 9.88 Å². The number of halogens is 1. The van der Waals surface area contributed by atoms with Crippen molar-refractivity contribution >= 4 is 45.0 Å². The topological polar surface area (TPSA) is 58.8 Å². The molecule has 0 bridgehead atoms. The average molecular weight is 410 g/mol. The fourth-order valence-corrected chi connectivity index (χ4v) is 3.65. The number of furan rings is 1. The van der Waals surface area contributed by atoms with Crippen molar-refractivity contribution in [3.05, 3.63) is 42.4 Å². The molecule has 3 rings (SSSR count). The second-order valence-electron chi connectivity index (χ2n) is 6.15. The molecular formula is C19H24ClN3O3S. The molecule has 0 N–H and O–H groups in total. The molecule has 146 valence electrons. The second kappa shape index (κ2) is 9.73. The van der Waals surface area contributed by atoms with Crippen LogP contribution in [0.25, 0.3) is 10.2 Å². The van der Waals surface area contributed by atoms with E-state index in [-0.39, 0.29) is 18.3 Å². The number of ether oxygens (including phenoxy) is 1. The first-order valence-electron chi connectivity index (χ1n) is 8.62. The lowest BCUT2D eigenvalue weighted by Gasteiger charge is -2.19. The molecule has 0 aliphatic heterocycles. The Kier molecular flexibility index (Phi) is 7.65. The quantitative estimate of drug-likeness (QED) is 0.554. The van der Waals surface area contributed by atoms with E-state index >= 15 is 0 Å². The number of carbonyl (C=O) groups is 1. The summed E-state index contributed by atoms with van der Waals surface area (Å²) in [4.78, 5) is 21.3. The van der Waals surface area contributed by atoms with Gasteiger partial charge in [-0.05, 0) is 64.3 Å². The molecule has 0 atom stereocenters. The first kappa shape index (κ1) is 21.2. The molecule has 6 nitrogen and oxygen atoms in total. The molecule has 1 aromatic carbocycles. The third kappa shape index (κ3) is 5.22. The fraction of sp³-hybridized carbons (Fsp3) is 0.368. The van der Waals surface area contributed by atoms with Gasteiger partial charge in [-0.15, -0.1) is 12.4 Å². The van der Waals surface area contributed by atoms with Crippen molar-refractivity contribution in [2.75, 3.05) is 38.7 Å². The van der Waals surface area contributed by atoms with E-state index in [0.717, 1.165) is 28.9 Å². The van der Waals surface area contributed by atoms with E-state index in [1.54, 1.807) is 17.0 Å². The summed E-state index contributed by atoms with van der Waals surface area (Å²) in [5.74, 6) is 0.966. The first-order chi connectivity index (χ1) is 12.6. The summed E-state index contributed by atoms with van der Waals surface area (Å²) in [6, 6.07) is 9.20. The van der Waals surface area contributed by atoms with Crippen LogP contribution in [0.5, 0.6) is 5.75 Å². The lowest BCUT2D eigenvalue weighted by Crippen LogP contribution is -2.33. The SMILES string of the molecule is CCOc1ccc2nc(N(CCCN(C)C)C(=O)c3ccco3)sc2c1.Cl.